The number of hydrazine groups is 1. The van der Waals surface area contributed by atoms with Gasteiger partial charge in [-0.1, -0.05) is 6.07 Å². The summed E-state index contributed by atoms with van der Waals surface area (Å²) in [6.45, 7) is 5.53. The van der Waals surface area contributed by atoms with Crippen LogP contribution in [0.1, 0.15) is 27.2 Å². The van der Waals surface area contributed by atoms with Crippen molar-refractivity contribution in [2.45, 2.75) is 50.3 Å². The average molecular weight is 381 g/mol. The Kier molecular flexibility index (Phi) is 6.25. The lowest BCUT2D eigenvalue weighted by molar-refractivity contribution is -0.684. The number of aldehydes is 1. The van der Waals surface area contributed by atoms with Gasteiger partial charge < -0.3 is 4.74 Å². The summed E-state index contributed by atoms with van der Waals surface area (Å²) in [6.07, 6.45) is 3.71. The molecule has 2 N–H and O–H groups in total. The molecule has 0 spiro atoms. The second-order valence-corrected chi connectivity index (χ2v) is 7.94. The van der Waals surface area contributed by atoms with Crippen LogP contribution in [0.25, 0.3) is 0 Å². The first kappa shape index (κ1) is 20.2. The number of aromatic nitrogens is 1. The number of pyridine rings is 1. The maximum absolute atomic E-state index is 12.5. The third-order valence-electron chi connectivity index (χ3n) is 3.75. The van der Waals surface area contributed by atoms with Gasteiger partial charge in [0, 0.05) is 30.3 Å². The fourth-order valence-electron chi connectivity index (χ4n) is 2.64. The Morgan fingerprint density at radius 1 is 1.35 bits per heavy atom. The summed E-state index contributed by atoms with van der Waals surface area (Å²) in [6, 6.07) is 5.46. The molecule has 9 heteroatoms. The van der Waals surface area contributed by atoms with Crippen molar-refractivity contribution >= 4 is 30.9 Å². The number of nitrogens with one attached hydrogen (secondary N) is 2. The molecule has 1 aromatic rings. The van der Waals surface area contributed by atoms with Crippen LogP contribution < -0.4 is 15.4 Å². The van der Waals surface area contributed by atoms with Crippen LogP contribution in [0.2, 0.25) is 0 Å². The highest BCUT2D eigenvalue weighted by Gasteiger charge is 2.49. The van der Waals surface area contributed by atoms with E-state index in [0.29, 0.717) is 6.29 Å². The Morgan fingerprint density at radius 3 is 2.58 bits per heavy atom. The van der Waals surface area contributed by atoms with Gasteiger partial charge in [0.05, 0.1) is 0 Å². The second-order valence-electron chi connectivity index (χ2n) is 7.21. The summed E-state index contributed by atoms with van der Waals surface area (Å²) in [5.41, 5.74) is 3.12. The minimum atomic E-state index is -1.40. The standard InChI is InChI=1S/C17H24N4O4S/c1-16(2,3)25-15(24)21-10-13(26)9-17(21,12-22)19-18-14(23)11-20-7-5-4-6-8-20/h4-8,12-13,19H,9-11H2,1-3H3,(H-,18,23,26)/p+1/t13-,17+/m0/s1. The molecule has 1 aromatic heterocycles. The maximum Gasteiger partial charge on any atom is 0.412 e. The number of hydrogen-bond donors (Lipinski definition) is 3. The molecular formula is C17H25N4O4S+. The van der Waals surface area contributed by atoms with Crippen LogP contribution in [-0.2, 0) is 20.9 Å². The smallest absolute Gasteiger partial charge is 0.412 e. The number of likely N-dealkylation sites (tertiary alicyclic amines) is 1. The Morgan fingerprint density at radius 2 is 2.00 bits per heavy atom. The number of carbonyl (C=O) groups excluding carboxylic acids is 3. The van der Waals surface area contributed by atoms with Crippen molar-refractivity contribution in [1.82, 2.24) is 15.8 Å². The zero-order chi connectivity index (χ0) is 19.4. The molecule has 0 radical (unpaired) electrons. The third-order valence-corrected chi connectivity index (χ3v) is 4.10. The van der Waals surface area contributed by atoms with Crippen LogP contribution >= 0.6 is 12.6 Å². The summed E-state index contributed by atoms with van der Waals surface area (Å²) in [4.78, 5) is 37.7. The quantitative estimate of drug-likeness (QED) is 0.298. The van der Waals surface area contributed by atoms with Gasteiger partial charge in [0.25, 0.3) is 5.91 Å². The minimum absolute atomic E-state index is 0.0690. The average Bonchev–Trinajstić information content (AvgIpc) is 2.90. The number of hydrogen-bond acceptors (Lipinski definition) is 6. The Bertz CT molecular complexity index is 664. The highest BCUT2D eigenvalue weighted by atomic mass is 32.1. The third kappa shape index (κ3) is 5.18. The SMILES string of the molecule is CC(C)(C)OC(=O)N1C[C@@H](S)C[C@@]1(C=O)NNC(=O)C[n+]1ccccc1. The minimum Gasteiger partial charge on any atom is -0.444 e. The van der Waals surface area contributed by atoms with Crippen molar-refractivity contribution in [2.24, 2.45) is 0 Å². The van der Waals surface area contributed by atoms with E-state index in [2.05, 4.69) is 23.5 Å². The van der Waals surface area contributed by atoms with E-state index >= 15 is 0 Å². The first-order valence-corrected chi connectivity index (χ1v) is 8.82. The van der Waals surface area contributed by atoms with Crippen LogP contribution in [0.5, 0.6) is 0 Å². The van der Waals surface area contributed by atoms with Crippen LogP contribution in [0.3, 0.4) is 0 Å². The predicted molar refractivity (Wildman–Crippen MR) is 97.0 cm³/mol. The van der Waals surface area contributed by atoms with Gasteiger partial charge in [-0.3, -0.25) is 19.9 Å². The number of amides is 2. The normalized spacial score (nSPS) is 22.8. The van der Waals surface area contributed by atoms with Gasteiger partial charge in [0.15, 0.2) is 24.3 Å². The van der Waals surface area contributed by atoms with Crippen molar-refractivity contribution in [2.75, 3.05) is 6.54 Å². The zero-order valence-electron chi connectivity index (χ0n) is 15.1. The summed E-state index contributed by atoms with van der Waals surface area (Å²) in [5.74, 6) is -0.353. The van der Waals surface area contributed by atoms with E-state index in [4.69, 9.17) is 4.74 Å². The van der Waals surface area contributed by atoms with E-state index in [9.17, 15) is 14.4 Å². The van der Waals surface area contributed by atoms with Gasteiger partial charge in [-0.2, -0.15) is 17.2 Å². The summed E-state index contributed by atoms with van der Waals surface area (Å²) >= 11 is 4.38. The zero-order valence-corrected chi connectivity index (χ0v) is 16.0. The van der Waals surface area contributed by atoms with Gasteiger partial charge in [-0.15, -0.1) is 0 Å². The Hall–Kier alpha value is -2.13. The van der Waals surface area contributed by atoms with E-state index in [0.717, 1.165) is 0 Å². The first-order chi connectivity index (χ1) is 12.1. The molecule has 2 atom stereocenters. The summed E-state index contributed by atoms with van der Waals surface area (Å²) < 4.78 is 7.05. The number of thiol groups is 1. The fourth-order valence-corrected chi connectivity index (χ4v) is 3.09. The molecule has 142 valence electrons. The van der Waals surface area contributed by atoms with Crippen LogP contribution in [0.15, 0.2) is 30.6 Å². The fraction of sp³-hybridized carbons (Fsp3) is 0.529. The van der Waals surface area contributed by atoms with Crippen LogP contribution in [0.4, 0.5) is 4.79 Å². The van der Waals surface area contributed by atoms with Crippen molar-refractivity contribution in [3.05, 3.63) is 30.6 Å². The van der Waals surface area contributed by atoms with Gasteiger partial charge in [0.2, 0.25) is 6.54 Å². The monoisotopic (exact) mass is 381 g/mol. The number of rotatable bonds is 5. The van der Waals surface area contributed by atoms with Crippen LogP contribution in [-0.4, -0.2) is 46.2 Å². The Labute approximate surface area is 158 Å². The largest absolute Gasteiger partial charge is 0.444 e. The second kappa shape index (κ2) is 8.05. The summed E-state index contributed by atoms with van der Waals surface area (Å²) in [7, 11) is 0. The number of nitrogens with zero attached hydrogens (tertiary/aromatic N) is 2. The van der Waals surface area contributed by atoms with Gasteiger partial charge >= 0.3 is 6.09 Å². The van der Waals surface area contributed by atoms with Gasteiger partial charge in [-0.05, 0) is 20.8 Å². The lowest BCUT2D eigenvalue weighted by Gasteiger charge is -2.35. The molecule has 0 aromatic carbocycles. The van der Waals surface area contributed by atoms with Crippen LogP contribution in [0, 0.1) is 0 Å². The number of ether oxygens (including phenoxy) is 1. The highest BCUT2D eigenvalue weighted by molar-refractivity contribution is 7.81. The van der Waals surface area contributed by atoms with E-state index < -0.39 is 17.4 Å². The molecule has 8 nitrogen and oxygen atoms in total. The van der Waals surface area contributed by atoms with E-state index in [1.807, 2.05) is 6.07 Å². The lowest BCUT2D eigenvalue weighted by Crippen LogP contribution is -2.65. The molecule has 0 bridgehead atoms. The molecule has 1 fully saturated rings. The number of carbonyl (C=O) groups is 3. The van der Waals surface area contributed by atoms with Crippen molar-refractivity contribution < 1.29 is 23.7 Å². The molecule has 26 heavy (non-hydrogen) atoms. The van der Waals surface area contributed by atoms with Crippen molar-refractivity contribution in [3.8, 4) is 0 Å². The lowest BCUT2D eigenvalue weighted by atomic mass is 10.1. The highest BCUT2D eigenvalue weighted by Crippen LogP contribution is 2.29. The molecule has 1 aliphatic rings. The maximum atomic E-state index is 12.5. The predicted octanol–water partition coefficient (Wildman–Crippen LogP) is 0.429. The molecule has 1 aliphatic heterocycles. The molecule has 1 saturated heterocycles. The first-order valence-electron chi connectivity index (χ1n) is 8.30. The van der Waals surface area contributed by atoms with Crippen molar-refractivity contribution in [1.29, 1.82) is 0 Å². The van der Waals surface area contributed by atoms with Gasteiger partial charge in [0.1, 0.15) is 5.60 Å². The molecule has 2 amide bonds. The molecule has 2 rings (SSSR count). The molecule has 2 heterocycles. The topological polar surface area (TPSA) is 91.6 Å². The van der Waals surface area contributed by atoms with Gasteiger partial charge in [-0.25, -0.2) is 10.2 Å². The van der Waals surface area contributed by atoms with E-state index in [1.54, 1.807) is 49.9 Å². The molecular weight excluding hydrogens is 356 g/mol. The molecule has 0 aliphatic carbocycles. The van der Waals surface area contributed by atoms with Crippen molar-refractivity contribution in [3.63, 3.8) is 0 Å². The summed E-state index contributed by atoms with van der Waals surface area (Å²) in [5, 5.41) is -0.222. The van der Waals surface area contributed by atoms with E-state index in [1.165, 1.54) is 4.90 Å². The molecule has 0 saturated carbocycles. The molecule has 0 unspecified atom stereocenters. The van der Waals surface area contributed by atoms with E-state index in [-0.39, 0.29) is 30.7 Å². The Balaban J connectivity index is 2.05.